The summed E-state index contributed by atoms with van der Waals surface area (Å²) >= 11 is 0. The highest BCUT2D eigenvalue weighted by Gasteiger charge is 2.26. The normalized spacial score (nSPS) is 23.2. The molecule has 2 rings (SSSR count). The van der Waals surface area contributed by atoms with Gasteiger partial charge in [-0.25, -0.2) is 0 Å². The van der Waals surface area contributed by atoms with Crippen molar-refractivity contribution in [1.29, 1.82) is 0 Å². The van der Waals surface area contributed by atoms with Gasteiger partial charge in [0.2, 0.25) is 0 Å². The first-order valence-corrected chi connectivity index (χ1v) is 8.03. The number of benzene rings is 1. The van der Waals surface area contributed by atoms with Crippen molar-refractivity contribution in [3.63, 3.8) is 0 Å². The molecule has 1 aromatic carbocycles. The minimum absolute atomic E-state index is 0.638. The van der Waals surface area contributed by atoms with Crippen LogP contribution in [-0.2, 0) is 6.42 Å². The zero-order chi connectivity index (χ0) is 13.7. The zero-order valence-corrected chi connectivity index (χ0v) is 12.8. The van der Waals surface area contributed by atoms with Crippen LogP contribution in [0.4, 0.5) is 0 Å². The van der Waals surface area contributed by atoms with E-state index < -0.39 is 0 Å². The van der Waals surface area contributed by atoms with Crippen LogP contribution in [0.5, 0.6) is 0 Å². The third kappa shape index (κ3) is 4.07. The van der Waals surface area contributed by atoms with E-state index in [9.17, 15) is 0 Å². The molecule has 0 aromatic heterocycles. The SMILES string of the molecule is CCCNC1CCCC1Cc1ccc(C(C)C)cc1. The van der Waals surface area contributed by atoms with Gasteiger partial charge in [-0.15, -0.1) is 0 Å². The van der Waals surface area contributed by atoms with Crippen LogP contribution in [0, 0.1) is 5.92 Å². The van der Waals surface area contributed by atoms with Crippen molar-refractivity contribution in [3.05, 3.63) is 35.4 Å². The fourth-order valence-corrected chi connectivity index (χ4v) is 3.22. The summed E-state index contributed by atoms with van der Waals surface area (Å²) < 4.78 is 0. The quantitative estimate of drug-likeness (QED) is 0.792. The second-order valence-corrected chi connectivity index (χ2v) is 6.35. The van der Waals surface area contributed by atoms with Gasteiger partial charge < -0.3 is 5.32 Å². The Hall–Kier alpha value is -0.820. The molecule has 1 aliphatic carbocycles. The van der Waals surface area contributed by atoms with Gasteiger partial charge in [-0.2, -0.15) is 0 Å². The number of rotatable bonds is 6. The molecule has 0 aliphatic heterocycles. The lowest BCUT2D eigenvalue weighted by Crippen LogP contribution is -2.33. The van der Waals surface area contributed by atoms with E-state index in [4.69, 9.17) is 0 Å². The van der Waals surface area contributed by atoms with Crippen molar-refractivity contribution in [3.8, 4) is 0 Å². The molecule has 19 heavy (non-hydrogen) atoms. The third-order valence-corrected chi connectivity index (χ3v) is 4.46. The largest absolute Gasteiger partial charge is 0.314 e. The standard InChI is InChI=1S/C18H29N/c1-4-12-19-18-7-5-6-17(18)13-15-8-10-16(11-9-15)14(2)3/h8-11,14,17-19H,4-7,12-13H2,1-3H3. The van der Waals surface area contributed by atoms with Gasteiger partial charge in [0.05, 0.1) is 0 Å². The van der Waals surface area contributed by atoms with Crippen molar-refractivity contribution in [2.75, 3.05) is 6.54 Å². The van der Waals surface area contributed by atoms with Gasteiger partial charge in [0.25, 0.3) is 0 Å². The van der Waals surface area contributed by atoms with E-state index in [1.54, 1.807) is 0 Å². The third-order valence-electron chi connectivity index (χ3n) is 4.46. The lowest BCUT2D eigenvalue weighted by atomic mass is 9.93. The first-order chi connectivity index (χ1) is 9.20. The van der Waals surface area contributed by atoms with Gasteiger partial charge >= 0.3 is 0 Å². The second kappa shape index (κ2) is 7.09. The van der Waals surface area contributed by atoms with Crippen LogP contribution in [0.1, 0.15) is 63.5 Å². The van der Waals surface area contributed by atoms with Crippen LogP contribution < -0.4 is 5.32 Å². The van der Waals surface area contributed by atoms with Crippen molar-refractivity contribution in [2.24, 2.45) is 5.92 Å². The number of nitrogens with one attached hydrogen (secondary N) is 1. The maximum atomic E-state index is 3.73. The summed E-state index contributed by atoms with van der Waals surface area (Å²) in [5.41, 5.74) is 2.97. The molecule has 1 heteroatoms. The molecule has 0 saturated heterocycles. The summed E-state index contributed by atoms with van der Waals surface area (Å²) in [6.07, 6.45) is 6.66. The molecular formula is C18H29N. The molecular weight excluding hydrogens is 230 g/mol. The Morgan fingerprint density at radius 1 is 1.16 bits per heavy atom. The molecule has 1 aromatic rings. The Labute approximate surface area is 118 Å². The topological polar surface area (TPSA) is 12.0 Å². The molecule has 0 heterocycles. The van der Waals surface area contributed by atoms with E-state index in [1.165, 1.54) is 49.8 Å². The monoisotopic (exact) mass is 259 g/mol. The smallest absolute Gasteiger partial charge is 0.00985 e. The molecule has 106 valence electrons. The van der Waals surface area contributed by atoms with E-state index in [-0.39, 0.29) is 0 Å². The molecule has 0 bridgehead atoms. The van der Waals surface area contributed by atoms with Gasteiger partial charge in [0.15, 0.2) is 0 Å². The summed E-state index contributed by atoms with van der Waals surface area (Å²) in [5, 5.41) is 3.73. The highest BCUT2D eigenvalue weighted by atomic mass is 14.9. The van der Waals surface area contributed by atoms with Crippen LogP contribution >= 0.6 is 0 Å². The summed E-state index contributed by atoms with van der Waals surface area (Å²) in [4.78, 5) is 0. The minimum Gasteiger partial charge on any atom is -0.314 e. The molecule has 1 nitrogen and oxygen atoms in total. The molecule has 1 aliphatic rings. The van der Waals surface area contributed by atoms with Crippen LogP contribution in [0.3, 0.4) is 0 Å². The zero-order valence-electron chi connectivity index (χ0n) is 12.8. The summed E-state index contributed by atoms with van der Waals surface area (Å²) in [5.74, 6) is 1.48. The van der Waals surface area contributed by atoms with Gasteiger partial charge in [-0.3, -0.25) is 0 Å². The van der Waals surface area contributed by atoms with Crippen molar-refractivity contribution < 1.29 is 0 Å². The average molecular weight is 259 g/mol. The van der Waals surface area contributed by atoms with Crippen LogP contribution in [-0.4, -0.2) is 12.6 Å². The van der Waals surface area contributed by atoms with Crippen LogP contribution in [0.25, 0.3) is 0 Å². The van der Waals surface area contributed by atoms with E-state index in [0.717, 1.165) is 12.0 Å². The van der Waals surface area contributed by atoms with Gasteiger partial charge in [0.1, 0.15) is 0 Å². The molecule has 1 saturated carbocycles. The first-order valence-electron chi connectivity index (χ1n) is 8.03. The van der Waals surface area contributed by atoms with Crippen LogP contribution in [0.2, 0.25) is 0 Å². The van der Waals surface area contributed by atoms with Crippen molar-refractivity contribution in [2.45, 2.75) is 64.8 Å². The highest BCUT2D eigenvalue weighted by Crippen LogP contribution is 2.29. The van der Waals surface area contributed by atoms with Gasteiger partial charge in [0, 0.05) is 6.04 Å². The Balaban J connectivity index is 1.92. The van der Waals surface area contributed by atoms with E-state index in [2.05, 4.69) is 50.4 Å². The first kappa shape index (κ1) is 14.6. The van der Waals surface area contributed by atoms with Crippen molar-refractivity contribution >= 4 is 0 Å². The summed E-state index contributed by atoms with van der Waals surface area (Å²) in [6, 6.07) is 10.0. The minimum atomic E-state index is 0.638. The van der Waals surface area contributed by atoms with Gasteiger partial charge in [-0.1, -0.05) is 51.5 Å². The van der Waals surface area contributed by atoms with Crippen LogP contribution in [0.15, 0.2) is 24.3 Å². The lowest BCUT2D eigenvalue weighted by molar-refractivity contribution is 0.399. The van der Waals surface area contributed by atoms with Gasteiger partial charge in [-0.05, 0) is 55.2 Å². The molecule has 1 fully saturated rings. The Morgan fingerprint density at radius 2 is 1.89 bits per heavy atom. The maximum Gasteiger partial charge on any atom is 0.00985 e. The highest BCUT2D eigenvalue weighted by molar-refractivity contribution is 5.25. The predicted molar refractivity (Wildman–Crippen MR) is 83.7 cm³/mol. The molecule has 0 spiro atoms. The Kier molecular flexibility index (Phi) is 5.45. The molecule has 0 radical (unpaired) electrons. The molecule has 2 atom stereocenters. The molecule has 0 amide bonds. The maximum absolute atomic E-state index is 3.73. The van der Waals surface area contributed by atoms with E-state index >= 15 is 0 Å². The fraction of sp³-hybridized carbons (Fsp3) is 0.667. The second-order valence-electron chi connectivity index (χ2n) is 6.35. The lowest BCUT2D eigenvalue weighted by Gasteiger charge is -2.21. The summed E-state index contributed by atoms with van der Waals surface area (Å²) in [7, 11) is 0. The average Bonchev–Trinajstić information content (AvgIpc) is 2.84. The number of hydrogen-bond acceptors (Lipinski definition) is 1. The predicted octanol–water partition coefficient (Wildman–Crippen LogP) is 4.52. The Bertz CT molecular complexity index is 366. The Morgan fingerprint density at radius 3 is 2.53 bits per heavy atom. The molecule has 1 N–H and O–H groups in total. The molecule has 2 unspecified atom stereocenters. The fourth-order valence-electron chi connectivity index (χ4n) is 3.22. The number of hydrogen-bond donors (Lipinski definition) is 1. The summed E-state index contributed by atoms with van der Waals surface area (Å²) in [6.45, 7) is 7.95. The van der Waals surface area contributed by atoms with E-state index in [0.29, 0.717) is 5.92 Å². The van der Waals surface area contributed by atoms with Crippen molar-refractivity contribution in [1.82, 2.24) is 5.32 Å². The van der Waals surface area contributed by atoms with E-state index in [1.807, 2.05) is 0 Å².